The highest BCUT2D eigenvalue weighted by molar-refractivity contribution is 7.99. The lowest BCUT2D eigenvalue weighted by atomic mass is 10.1. The van der Waals surface area contributed by atoms with Crippen molar-refractivity contribution in [3.63, 3.8) is 0 Å². The Hall–Kier alpha value is -5.60. The van der Waals surface area contributed by atoms with Crippen LogP contribution in [0.25, 0.3) is 22.9 Å². The van der Waals surface area contributed by atoms with E-state index in [-0.39, 0.29) is 0 Å². The highest BCUT2D eigenvalue weighted by Gasteiger charge is 2.15. The van der Waals surface area contributed by atoms with Crippen LogP contribution in [-0.2, 0) is 0 Å². The van der Waals surface area contributed by atoms with Crippen molar-refractivity contribution < 1.29 is 37.4 Å². The maximum atomic E-state index is 12.8. The zero-order valence-electron chi connectivity index (χ0n) is 43.9. The van der Waals surface area contributed by atoms with E-state index in [2.05, 4.69) is 34.2 Å². The Kier molecular flexibility index (Phi) is 27.1. The van der Waals surface area contributed by atoms with E-state index in [4.69, 9.17) is 27.8 Å². The van der Waals surface area contributed by atoms with Gasteiger partial charge in [-0.05, 0) is 123 Å². The minimum absolute atomic E-state index is 0.427. The van der Waals surface area contributed by atoms with Crippen LogP contribution in [0.3, 0.4) is 0 Å². The molecule has 2 aromatic heterocycles. The van der Waals surface area contributed by atoms with Crippen molar-refractivity contribution in [2.24, 2.45) is 0 Å². The van der Waals surface area contributed by atoms with Crippen LogP contribution >= 0.6 is 23.5 Å². The fourth-order valence-corrected chi connectivity index (χ4v) is 9.76. The molecule has 14 heteroatoms. The van der Waals surface area contributed by atoms with Crippen molar-refractivity contribution in [1.29, 1.82) is 0 Å². The number of aromatic nitrogens is 4. The molecule has 0 bridgehead atoms. The van der Waals surface area contributed by atoms with Crippen molar-refractivity contribution in [3.8, 4) is 45.9 Å². The molecule has 0 fully saturated rings. The molecular formula is C60H78N4O8S2. The summed E-state index contributed by atoms with van der Waals surface area (Å²) >= 11 is 3.16. The van der Waals surface area contributed by atoms with Gasteiger partial charge in [-0.2, -0.15) is 0 Å². The van der Waals surface area contributed by atoms with Crippen LogP contribution in [-0.4, -0.2) is 57.1 Å². The third-order valence-electron chi connectivity index (χ3n) is 12.6. The molecule has 0 saturated heterocycles. The highest BCUT2D eigenvalue weighted by atomic mass is 32.2. The molecule has 0 saturated carbocycles. The molecule has 2 heterocycles. The van der Waals surface area contributed by atoms with Gasteiger partial charge in [-0.3, -0.25) is 0 Å². The number of hydrogen-bond acceptors (Lipinski definition) is 14. The lowest BCUT2D eigenvalue weighted by Gasteiger charge is -2.08. The largest absolute Gasteiger partial charge is 0.494 e. The van der Waals surface area contributed by atoms with Gasteiger partial charge in [0.1, 0.15) is 23.0 Å². The van der Waals surface area contributed by atoms with Crippen molar-refractivity contribution in [1.82, 2.24) is 20.4 Å². The van der Waals surface area contributed by atoms with E-state index >= 15 is 0 Å². The van der Waals surface area contributed by atoms with E-state index in [1.165, 1.54) is 128 Å². The van der Waals surface area contributed by atoms with Crippen LogP contribution in [0, 0.1) is 0 Å². The molecule has 4 aromatic carbocycles. The number of nitrogens with zero attached hydrogens (tertiary/aromatic N) is 4. The number of carbonyl (C=O) groups is 2. The molecule has 6 rings (SSSR count). The van der Waals surface area contributed by atoms with Crippen LogP contribution in [0.15, 0.2) is 116 Å². The molecule has 0 radical (unpaired) electrons. The van der Waals surface area contributed by atoms with Gasteiger partial charge in [-0.25, -0.2) is 9.59 Å². The smallest absolute Gasteiger partial charge is 0.343 e. The van der Waals surface area contributed by atoms with Crippen LogP contribution in [0.5, 0.6) is 23.0 Å². The molecule has 12 nitrogen and oxygen atoms in total. The molecule has 6 aromatic rings. The van der Waals surface area contributed by atoms with Gasteiger partial charge in [0.2, 0.25) is 11.8 Å². The molecule has 0 atom stereocenters. The number of ether oxygens (including phenoxy) is 4. The number of thioether (sulfide) groups is 2. The number of rotatable bonds is 39. The standard InChI is InChI=1S/C60H78N4O8S2/c1-3-5-7-9-11-15-19-23-43-67-51-35-31-49(32-36-51)57(65)69-53-39-27-47(28-40-53)55-61-63-59(71-55)73-45-25-21-17-13-14-18-22-26-46-74-60-64-62-56(72-60)48-29-41-54(42-30-48)70-58(66)50-33-37-52(38-34-50)68-44-24-20-16-12-10-8-6-4-2/h27-42H,3-26,43-46H2,1-2H3. The summed E-state index contributed by atoms with van der Waals surface area (Å²) < 4.78 is 34.8. The first kappa shape index (κ1) is 57.7. The van der Waals surface area contributed by atoms with E-state index < -0.39 is 11.9 Å². The van der Waals surface area contributed by atoms with Crippen molar-refractivity contribution in [3.05, 3.63) is 108 Å². The predicted octanol–water partition coefficient (Wildman–Crippen LogP) is 17.3. The number of hydrogen-bond donors (Lipinski definition) is 0. The van der Waals surface area contributed by atoms with Gasteiger partial charge in [-0.1, -0.05) is 166 Å². The third kappa shape index (κ3) is 22.1. The topological polar surface area (TPSA) is 149 Å². The van der Waals surface area contributed by atoms with E-state index in [0.717, 1.165) is 59.8 Å². The average Bonchev–Trinajstić information content (AvgIpc) is 4.12. The molecule has 0 aliphatic heterocycles. The summed E-state index contributed by atoms with van der Waals surface area (Å²) in [5.74, 6) is 4.25. The third-order valence-corrected chi connectivity index (χ3v) is 14.4. The van der Waals surface area contributed by atoms with E-state index in [1.807, 2.05) is 48.5 Å². The molecule has 0 unspecified atom stereocenters. The molecule has 0 aliphatic carbocycles. The quantitative estimate of drug-likeness (QED) is 0.0156. The first-order valence-corrected chi connectivity index (χ1v) is 29.5. The monoisotopic (exact) mass is 1050 g/mol. The summed E-state index contributed by atoms with van der Waals surface area (Å²) in [5.41, 5.74) is 2.45. The Balaban J connectivity index is 0.748. The maximum absolute atomic E-state index is 12.8. The lowest BCUT2D eigenvalue weighted by Crippen LogP contribution is -2.08. The molecule has 398 valence electrons. The highest BCUT2D eigenvalue weighted by Crippen LogP contribution is 2.29. The SMILES string of the molecule is CCCCCCCCCCOc1ccc(C(=O)Oc2ccc(-c3nnc(SCCCCCCCCCCSc4nnc(-c5ccc(OC(=O)c6ccc(OCCCCCCCCCC)cc6)cc5)o4)o3)cc2)cc1. The number of carbonyl (C=O) groups excluding carboxylic acids is 2. The maximum Gasteiger partial charge on any atom is 0.343 e. The Morgan fingerprint density at radius 3 is 1.04 bits per heavy atom. The summed E-state index contributed by atoms with van der Waals surface area (Å²) in [7, 11) is 0. The summed E-state index contributed by atoms with van der Waals surface area (Å²) in [6.07, 6.45) is 29.5. The van der Waals surface area contributed by atoms with Crippen LogP contribution in [0.2, 0.25) is 0 Å². The molecule has 0 aliphatic rings. The lowest BCUT2D eigenvalue weighted by molar-refractivity contribution is 0.0725. The Morgan fingerprint density at radius 1 is 0.378 bits per heavy atom. The van der Waals surface area contributed by atoms with E-state index in [9.17, 15) is 9.59 Å². The first-order chi connectivity index (χ1) is 36.5. The van der Waals surface area contributed by atoms with Crippen LogP contribution in [0.1, 0.15) is 189 Å². The summed E-state index contributed by atoms with van der Waals surface area (Å²) in [6.45, 7) is 5.85. The molecule has 0 amide bonds. The Morgan fingerprint density at radius 2 is 0.689 bits per heavy atom. The normalized spacial score (nSPS) is 11.2. The van der Waals surface area contributed by atoms with Gasteiger partial charge in [0.15, 0.2) is 0 Å². The van der Waals surface area contributed by atoms with Crippen molar-refractivity contribution in [2.75, 3.05) is 24.7 Å². The summed E-state index contributed by atoms with van der Waals surface area (Å²) in [4.78, 5) is 25.6. The fraction of sp³-hybridized carbons (Fsp3) is 0.500. The van der Waals surface area contributed by atoms with Crippen molar-refractivity contribution in [2.45, 2.75) is 178 Å². The zero-order chi connectivity index (χ0) is 51.7. The fourth-order valence-electron chi connectivity index (χ4n) is 8.24. The van der Waals surface area contributed by atoms with Gasteiger partial charge in [0.25, 0.3) is 10.4 Å². The number of esters is 2. The second-order valence-corrected chi connectivity index (χ2v) is 20.9. The second kappa shape index (κ2) is 34.8. The second-order valence-electron chi connectivity index (χ2n) is 18.8. The van der Waals surface area contributed by atoms with E-state index in [1.54, 1.807) is 72.1 Å². The summed E-state index contributed by atoms with van der Waals surface area (Å²) in [6, 6.07) is 28.4. The molecule has 74 heavy (non-hydrogen) atoms. The molecule has 0 N–H and O–H groups in total. The van der Waals surface area contributed by atoms with Gasteiger partial charge in [0.05, 0.1) is 24.3 Å². The zero-order valence-corrected chi connectivity index (χ0v) is 45.5. The summed E-state index contributed by atoms with van der Waals surface area (Å²) in [5, 5.41) is 18.0. The first-order valence-electron chi connectivity index (χ1n) is 27.5. The number of unbranched alkanes of at least 4 members (excludes halogenated alkanes) is 21. The minimum atomic E-state index is -0.427. The number of benzene rings is 4. The van der Waals surface area contributed by atoms with Crippen molar-refractivity contribution >= 4 is 35.5 Å². The van der Waals surface area contributed by atoms with Crippen LogP contribution < -0.4 is 18.9 Å². The molecular weight excluding hydrogens is 969 g/mol. The van der Waals surface area contributed by atoms with Gasteiger partial charge < -0.3 is 27.8 Å². The van der Waals surface area contributed by atoms with Crippen LogP contribution in [0.4, 0.5) is 0 Å². The Labute approximate surface area is 448 Å². The Bertz CT molecular complexity index is 2270. The molecule has 0 spiro atoms. The average molecular weight is 1050 g/mol. The predicted molar refractivity (Wildman–Crippen MR) is 297 cm³/mol. The van der Waals surface area contributed by atoms with Gasteiger partial charge in [0, 0.05) is 22.6 Å². The van der Waals surface area contributed by atoms with Gasteiger partial charge >= 0.3 is 11.9 Å². The van der Waals surface area contributed by atoms with Gasteiger partial charge in [-0.15, -0.1) is 20.4 Å². The minimum Gasteiger partial charge on any atom is -0.494 e. The van der Waals surface area contributed by atoms with E-state index in [0.29, 0.717) is 58.1 Å².